The van der Waals surface area contributed by atoms with Gasteiger partial charge in [-0.1, -0.05) is 30.5 Å². The number of hydrogen-bond acceptors (Lipinski definition) is 1. The summed E-state index contributed by atoms with van der Waals surface area (Å²) in [6.07, 6.45) is 6.40. The van der Waals surface area contributed by atoms with Crippen LogP contribution in [0.1, 0.15) is 47.9 Å². The lowest BCUT2D eigenvalue weighted by molar-refractivity contribution is 0.306. The van der Waals surface area contributed by atoms with E-state index in [0.717, 1.165) is 0 Å². The summed E-state index contributed by atoms with van der Waals surface area (Å²) in [6, 6.07) is 5.02. The van der Waals surface area contributed by atoms with Crippen molar-refractivity contribution in [3.05, 3.63) is 34.4 Å². The molecule has 0 saturated heterocycles. The van der Waals surface area contributed by atoms with E-state index < -0.39 is 0 Å². The second kappa shape index (κ2) is 5.22. The van der Waals surface area contributed by atoms with Crippen LogP contribution in [0.5, 0.6) is 0 Å². The van der Waals surface area contributed by atoms with Crippen molar-refractivity contribution < 1.29 is 0 Å². The van der Waals surface area contributed by atoms with Crippen LogP contribution in [0.2, 0.25) is 0 Å². The maximum atomic E-state index is 6.26. The van der Waals surface area contributed by atoms with Gasteiger partial charge in [0, 0.05) is 6.04 Å². The fraction of sp³-hybridized carbons (Fsp3) is 0.625. The first kappa shape index (κ1) is 12.6. The molecule has 0 bridgehead atoms. The number of rotatable bonds is 2. The highest BCUT2D eigenvalue weighted by molar-refractivity contribution is 5.37. The van der Waals surface area contributed by atoms with E-state index in [-0.39, 0.29) is 0 Å². The van der Waals surface area contributed by atoms with E-state index in [0.29, 0.717) is 12.0 Å². The summed E-state index contributed by atoms with van der Waals surface area (Å²) in [4.78, 5) is 0. The predicted molar refractivity (Wildman–Crippen MR) is 74.3 cm³/mol. The van der Waals surface area contributed by atoms with Gasteiger partial charge >= 0.3 is 0 Å². The highest BCUT2D eigenvalue weighted by Crippen LogP contribution is 2.28. The molecule has 0 radical (unpaired) electrons. The molecule has 1 saturated carbocycles. The van der Waals surface area contributed by atoms with Gasteiger partial charge in [-0.15, -0.1) is 0 Å². The van der Waals surface area contributed by atoms with Crippen molar-refractivity contribution in [3.63, 3.8) is 0 Å². The van der Waals surface area contributed by atoms with Crippen molar-refractivity contribution in [2.45, 2.75) is 58.9 Å². The Labute approximate surface area is 105 Å². The van der Waals surface area contributed by atoms with Gasteiger partial charge in [0.2, 0.25) is 0 Å². The smallest absolute Gasteiger partial charge is 0.00703 e. The van der Waals surface area contributed by atoms with E-state index in [2.05, 4.69) is 32.9 Å². The highest BCUT2D eigenvalue weighted by atomic mass is 14.7. The molecule has 1 nitrogen and oxygen atoms in total. The molecule has 1 aromatic rings. The molecule has 1 aromatic carbocycles. The van der Waals surface area contributed by atoms with Crippen LogP contribution in [-0.2, 0) is 6.42 Å². The third-order valence-electron chi connectivity index (χ3n) is 4.27. The van der Waals surface area contributed by atoms with Gasteiger partial charge in [0.15, 0.2) is 0 Å². The van der Waals surface area contributed by atoms with Gasteiger partial charge in [-0.3, -0.25) is 0 Å². The van der Waals surface area contributed by atoms with Crippen LogP contribution in [0, 0.1) is 26.7 Å². The van der Waals surface area contributed by atoms with Crippen LogP contribution in [0.15, 0.2) is 12.1 Å². The fourth-order valence-corrected chi connectivity index (χ4v) is 3.28. The molecular formula is C16H25N. The lowest BCUT2D eigenvalue weighted by Crippen LogP contribution is -2.34. The molecule has 94 valence electrons. The van der Waals surface area contributed by atoms with E-state index in [9.17, 15) is 0 Å². The molecule has 2 atom stereocenters. The number of benzene rings is 1. The maximum Gasteiger partial charge on any atom is 0.00703 e. The minimum atomic E-state index is 0.420. The van der Waals surface area contributed by atoms with E-state index in [1.807, 2.05) is 0 Å². The minimum absolute atomic E-state index is 0.420. The van der Waals surface area contributed by atoms with Crippen LogP contribution in [-0.4, -0.2) is 6.04 Å². The van der Waals surface area contributed by atoms with Crippen molar-refractivity contribution in [2.24, 2.45) is 11.7 Å². The van der Waals surface area contributed by atoms with Crippen molar-refractivity contribution in [1.29, 1.82) is 0 Å². The van der Waals surface area contributed by atoms with Crippen LogP contribution in [0.4, 0.5) is 0 Å². The molecule has 2 rings (SSSR count). The second-order valence-corrected chi connectivity index (χ2v) is 5.79. The second-order valence-electron chi connectivity index (χ2n) is 5.79. The molecule has 1 aliphatic carbocycles. The summed E-state index contributed by atoms with van der Waals surface area (Å²) in [5, 5.41) is 0. The Hall–Kier alpha value is -0.820. The summed E-state index contributed by atoms with van der Waals surface area (Å²) in [7, 11) is 0. The highest BCUT2D eigenvalue weighted by Gasteiger charge is 2.23. The zero-order chi connectivity index (χ0) is 12.4. The van der Waals surface area contributed by atoms with Gasteiger partial charge in [0.05, 0.1) is 0 Å². The summed E-state index contributed by atoms with van der Waals surface area (Å²) < 4.78 is 0. The molecule has 17 heavy (non-hydrogen) atoms. The van der Waals surface area contributed by atoms with Gasteiger partial charge in [-0.05, 0) is 62.6 Å². The summed E-state index contributed by atoms with van der Waals surface area (Å²) >= 11 is 0. The Morgan fingerprint density at radius 3 is 2.24 bits per heavy atom. The molecule has 2 N–H and O–H groups in total. The van der Waals surface area contributed by atoms with Crippen molar-refractivity contribution in [3.8, 4) is 0 Å². The normalized spacial score (nSPS) is 24.9. The lowest BCUT2D eigenvalue weighted by Gasteiger charge is -2.29. The Balaban J connectivity index is 2.17. The zero-order valence-corrected chi connectivity index (χ0v) is 11.4. The van der Waals surface area contributed by atoms with Crippen LogP contribution in [0.3, 0.4) is 0 Å². The van der Waals surface area contributed by atoms with E-state index in [1.165, 1.54) is 54.4 Å². The Bertz CT molecular complexity index is 372. The standard InChI is InChI=1S/C16H25N/c1-11-8-12(2)15(13(3)9-11)10-14-6-4-5-7-16(14)17/h8-9,14,16H,4-7,10,17H2,1-3H3. The van der Waals surface area contributed by atoms with Gasteiger partial charge < -0.3 is 5.73 Å². The molecule has 0 aliphatic heterocycles. The van der Waals surface area contributed by atoms with E-state index in [1.54, 1.807) is 0 Å². The molecule has 1 aliphatic rings. The average Bonchev–Trinajstić information content (AvgIpc) is 2.25. The first-order chi connectivity index (χ1) is 8.08. The Kier molecular flexibility index (Phi) is 3.88. The summed E-state index contributed by atoms with van der Waals surface area (Å²) in [6.45, 7) is 6.66. The number of aryl methyl sites for hydroxylation is 3. The van der Waals surface area contributed by atoms with Gasteiger partial charge in [-0.25, -0.2) is 0 Å². The molecule has 1 fully saturated rings. The molecule has 2 unspecified atom stereocenters. The monoisotopic (exact) mass is 231 g/mol. The Morgan fingerprint density at radius 1 is 1.06 bits per heavy atom. The topological polar surface area (TPSA) is 26.0 Å². The van der Waals surface area contributed by atoms with Crippen molar-refractivity contribution in [2.75, 3.05) is 0 Å². The number of hydrogen-bond donors (Lipinski definition) is 1. The predicted octanol–water partition coefficient (Wildman–Crippen LogP) is 3.67. The first-order valence-electron chi connectivity index (χ1n) is 6.90. The SMILES string of the molecule is Cc1cc(C)c(CC2CCCCC2N)c(C)c1. The minimum Gasteiger partial charge on any atom is -0.327 e. The fourth-order valence-electron chi connectivity index (χ4n) is 3.28. The van der Waals surface area contributed by atoms with Gasteiger partial charge in [0.1, 0.15) is 0 Å². The van der Waals surface area contributed by atoms with Crippen LogP contribution >= 0.6 is 0 Å². The molecule has 0 aromatic heterocycles. The van der Waals surface area contributed by atoms with Crippen LogP contribution < -0.4 is 5.73 Å². The zero-order valence-electron chi connectivity index (χ0n) is 11.4. The van der Waals surface area contributed by atoms with Gasteiger partial charge in [0.25, 0.3) is 0 Å². The molecule has 1 heteroatoms. The molecule has 0 heterocycles. The quantitative estimate of drug-likeness (QED) is 0.825. The molecule has 0 spiro atoms. The summed E-state index contributed by atoms with van der Waals surface area (Å²) in [5.74, 6) is 0.698. The Morgan fingerprint density at radius 2 is 1.65 bits per heavy atom. The van der Waals surface area contributed by atoms with Gasteiger partial charge in [-0.2, -0.15) is 0 Å². The summed E-state index contributed by atoms with van der Waals surface area (Å²) in [5.41, 5.74) is 12.1. The third kappa shape index (κ3) is 2.90. The third-order valence-corrected chi connectivity index (χ3v) is 4.27. The van der Waals surface area contributed by atoms with E-state index in [4.69, 9.17) is 5.73 Å². The maximum absolute atomic E-state index is 6.26. The van der Waals surface area contributed by atoms with Crippen molar-refractivity contribution in [1.82, 2.24) is 0 Å². The molecule has 0 amide bonds. The largest absolute Gasteiger partial charge is 0.327 e. The van der Waals surface area contributed by atoms with Crippen molar-refractivity contribution >= 4 is 0 Å². The van der Waals surface area contributed by atoms with E-state index >= 15 is 0 Å². The first-order valence-corrected chi connectivity index (χ1v) is 6.90. The average molecular weight is 231 g/mol. The lowest BCUT2D eigenvalue weighted by atomic mass is 9.79. The molecular weight excluding hydrogens is 206 g/mol. The van der Waals surface area contributed by atoms with Crippen LogP contribution in [0.25, 0.3) is 0 Å². The number of nitrogens with two attached hydrogens (primary N) is 1.